The van der Waals surface area contributed by atoms with Crippen LogP contribution in [0.5, 0.6) is 23.0 Å². The first kappa shape index (κ1) is 42.7. The maximum absolute atomic E-state index is 11.2. The molecular formula is C61H56O7. The van der Waals surface area contributed by atoms with E-state index >= 15 is 0 Å². The molecule has 0 aromatic heterocycles. The van der Waals surface area contributed by atoms with Gasteiger partial charge in [0.05, 0.1) is 13.2 Å². The molecule has 0 spiro atoms. The molecule has 2 fully saturated rings. The molecule has 7 heteroatoms. The second-order valence-corrected chi connectivity index (χ2v) is 19.4. The number of aliphatic hydroxyl groups is 1. The van der Waals surface area contributed by atoms with Crippen molar-refractivity contribution in [2.75, 3.05) is 39.6 Å². The van der Waals surface area contributed by atoms with Crippen LogP contribution in [0.15, 0.2) is 170 Å². The number of ether oxygens (including phenoxy) is 6. The van der Waals surface area contributed by atoms with Gasteiger partial charge in [0.25, 0.3) is 0 Å². The first-order valence-corrected chi connectivity index (χ1v) is 24.2. The van der Waals surface area contributed by atoms with Crippen molar-refractivity contribution in [3.05, 3.63) is 214 Å². The van der Waals surface area contributed by atoms with Crippen molar-refractivity contribution < 1.29 is 33.5 Å². The van der Waals surface area contributed by atoms with Gasteiger partial charge in [-0.3, -0.25) is 0 Å². The van der Waals surface area contributed by atoms with Gasteiger partial charge in [-0.05, 0) is 139 Å². The minimum absolute atomic E-state index is 0.0981. The molecule has 12 rings (SSSR count). The van der Waals surface area contributed by atoms with E-state index in [1.807, 2.05) is 24.3 Å². The zero-order chi connectivity index (χ0) is 45.8. The molecule has 7 nitrogen and oxygen atoms in total. The van der Waals surface area contributed by atoms with Crippen LogP contribution in [-0.4, -0.2) is 63.1 Å². The third-order valence-electron chi connectivity index (χ3n) is 15.0. The molecule has 0 saturated carbocycles. The van der Waals surface area contributed by atoms with E-state index in [-0.39, 0.29) is 36.3 Å². The summed E-state index contributed by atoms with van der Waals surface area (Å²) < 4.78 is 35.3. The van der Waals surface area contributed by atoms with Gasteiger partial charge in [-0.2, -0.15) is 0 Å². The first-order chi connectivity index (χ1) is 33.4. The highest BCUT2D eigenvalue weighted by molar-refractivity contribution is 5.90. The van der Waals surface area contributed by atoms with Gasteiger partial charge >= 0.3 is 0 Å². The summed E-state index contributed by atoms with van der Waals surface area (Å²) in [7, 11) is 0. The molecule has 2 heterocycles. The first-order valence-electron chi connectivity index (χ1n) is 24.2. The van der Waals surface area contributed by atoms with Gasteiger partial charge in [0, 0.05) is 10.8 Å². The van der Waals surface area contributed by atoms with E-state index in [1.165, 1.54) is 66.1 Å². The lowest BCUT2D eigenvalue weighted by Gasteiger charge is -2.33. The Hall–Kier alpha value is -6.64. The Balaban J connectivity index is 0.753. The van der Waals surface area contributed by atoms with Crippen LogP contribution in [0.2, 0.25) is 0 Å². The predicted octanol–water partition coefficient (Wildman–Crippen LogP) is 12.1. The van der Waals surface area contributed by atoms with Crippen LogP contribution in [-0.2, 0) is 20.3 Å². The molecule has 2 saturated heterocycles. The Morgan fingerprint density at radius 2 is 0.794 bits per heavy atom. The van der Waals surface area contributed by atoms with E-state index in [4.69, 9.17) is 28.4 Å². The summed E-state index contributed by atoms with van der Waals surface area (Å²) in [6.45, 7) is 7.59. The van der Waals surface area contributed by atoms with E-state index in [0.717, 1.165) is 37.6 Å². The molecule has 6 unspecified atom stereocenters. The number of rotatable bonds is 16. The fourth-order valence-corrected chi connectivity index (χ4v) is 11.6. The molecule has 6 atom stereocenters. The molecule has 4 aliphatic rings. The quantitative estimate of drug-likeness (QED) is 0.0967. The molecule has 68 heavy (non-hydrogen) atoms. The zero-order valence-electron chi connectivity index (χ0n) is 38.6. The highest BCUT2D eigenvalue weighted by Gasteiger charge is 2.47. The largest absolute Gasteiger partial charge is 0.491 e. The Kier molecular flexibility index (Phi) is 11.0. The summed E-state index contributed by atoms with van der Waals surface area (Å²) in [5.74, 6) is 3.79. The maximum atomic E-state index is 11.2. The minimum atomic E-state index is -0.835. The summed E-state index contributed by atoms with van der Waals surface area (Å²) in [5.41, 5.74) is 9.64. The van der Waals surface area contributed by atoms with Crippen LogP contribution in [0.4, 0.5) is 0 Å². The number of fused-ring (bicyclic) bond motifs is 6. The Morgan fingerprint density at radius 1 is 0.456 bits per heavy atom. The van der Waals surface area contributed by atoms with Crippen LogP contribution in [0.1, 0.15) is 83.0 Å². The second kappa shape index (κ2) is 17.5. The summed E-state index contributed by atoms with van der Waals surface area (Å²) in [5, 5.41) is 16.3. The number of hydrogen-bond acceptors (Lipinski definition) is 7. The molecule has 0 bridgehead atoms. The van der Waals surface area contributed by atoms with Gasteiger partial charge in [-0.15, -0.1) is 0 Å². The van der Waals surface area contributed by atoms with Crippen LogP contribution in [0.25, 0.3) is 21.5 Å². The van der Waals surface area contributed by atoms with E-state index < -0.39 is 6.10 Å². The monoisotopic (exact) mass is 900 g/mol. The topological polar surface area (TPSA) is 82.2 Å². The zero-order valence-corrected chi connectivity index (χ0v) is 38.6. The SMILES string of the molecule is CC1CC(c2ccc(OCC(O)COc3ccc(C4(c5ccc(OCC6CO6)cc5)CC(C)c5c4ccc4ccccc54)cc3)cc2)(c2ccc(OCC3CO3)cc2)c2ccc3ccccc3c21. The number of hydrogen-bond donors (Lipinski definition) is 1. The molecule has 8 aromatic rings. The summed E-state index contributed by atoms with van der Waals surface area (Å²) in [4.78, 5) is 0. The molecule has 0 radical (unpaired) electrons. The highest BCUT2D eigenvalue weighted by atomic mass is 16.6. The van der Waals surface area contributed by atoms with Crippen molar-refractivity contribution >= 4 is 21.5 Å². The lowest BCUT2D eigenvalue weighted by Crippen LogP contribution is -2.27. The second-order valence-electron chi connectivity index (χ2n) is 19.4. The lowest BCUT2D eigenvalue weighted by atomic mass is 9.70. The molecule has 0 amide bonds. The minimum Gasteiger partial charge on any atom is -0.491 e. The van der Waals surface area contributed by atoms with E-state index in [1.54, 1.807) is 0 Å². The Labute approximate surface area is 398 Å². The van der Waals surface area contributed by atoms with Gasteiger partial charge in [0.1, 0.15) is 67.7 Å². The van der Waals surface area contributed by atoms with Crippen molar-refractivity contribution in [1.29, 1.82) is 0 Å². The predicted molar refractivity (Wildman–Crippen MR) is 267 cm³/mol. The van der Waals surface area contributed by atoms with Crippen molar-refractivity contribution in [3.63, 3.8) is 0 Å². The molecule has 8 aromatic carbocycles. The summed E-state index contributed by atoms with van der Waals surface area (Å²) >= 11 is 0. The lowest BCUT2D eigenvalue weighted by molar-refractivity contribution is 0.0626. The van der Waals surface area contributed by atoms with E-state index in [2.05, 4.69) is 159 Å². The van der Waals surface area contributed by atoms with Crippen LogP contribution in [0.3, 0.4) is 0 Å². The van der Waals surface area contributed by atoms with E-state index in [9.17, 15) is 5.11 Å². The fraction of sp³-hybridized carbons (Fsp3) is 0.279. The third kappa shape index (κ3) is 7.76. The van der Waals surface area contributed by atoms with Gasteiger partial charge < -0.3 is 33.5 Å². The Bertz CT molecular complexity index is 2870. The van der Waals surface area contributed by atoms with Gasteiger partial charge in [-0.1, -0.05) is 135 Å². The summed E-state index contributed by atoms with van der Waals surface area (Å²) in [6, 6.07) is 60.8. The standard InChI is InChI=1S/C61H56O7/c1-39-31-60(45-17-25-50(26-18-45)65-35-52-37-67-52,56-29-11-41-7-3-5-9-54(41)58(39)56)43-13-21-48(22-14-43)63-33-47(62)34-64-49-23-15-44(16-24-49)61(46-19-27-51(28-20-46)66-36-53-38-68-53)32-40(2)59-55-10-6-4-8-42(55)12-30-57(59)61/h3-30,39-40,47,52-53,62H,31-38H2,1-2H3. The third-order valence-corrected chi connectivity index (χ3v) is 15.0. The van der Waals surface area contributed by atoms with Crippen molar-refractivity contribution in [2.45, 2.75) is 67.7 Å². The van der Waals surface area contributed by atoms with Crippen LogP contribution in [0, 0.1) is 0 Å². The fourth-order valence-electron chi connectivity index (χ4n) is 11.6. The van der Waals surface area contributed by atoms with Crippen LogP contribution >= 0.6 is 0 Å². The average molecular weight is 901 g/mol. The van der Waals surface area contributed by atoms with Crippen LogP contribution < -0.4 is 18.9 Å². The average Bonchev–Trinajstić information content (AvgIpc) is 4.34. The molecule has 2 aliphatic heterocycles. The molecule has 1 N–H and O–H groups in total. The van der Waals surface area contributed by atoms with Gasteiger partial charge in [-0.25, -0.2) is 0 Å². The number of benzene rings is 8. The van der Waals surface area contributed by atoms with Crippen molar-refractivity contribution in [3.8, 4) is 23.0 Å². The molecular weight excluding hydrogens is 845 g/mol. The molecule has 2 aliphatic carbocycles. The normalized spacial score (nSPS) is 23.8. The highest BCUT2D eigenvalue weighted by Crippen LogP contribution is 2.57. The smallest absolute Gasteiger partial charge is 0.122 e. The Morgan fingerprint density at radius 3 is 1.15 bits per heavy atom. The van der Waals surface area contributed by atoms with Crippen molar-refractivity contribution in [1.82, 2.24) is 0 Å². The molecule has 342 valence electrons. The van der Waals surface area contributed by atoms with Gasteiger partial charge in [0.2, 0.25) is 0 Å². The number of aliphatic hydroxyl groups excluding tert-OH is 1. The summed E-state index contributed by atoms with van der Waals surface area (Å²) in [6.07, 6.45) is 1.45. The van der Waals surface area contributed by atoms with Gasteiger partial charge in [0.15, 0.2) is 0 Å². The maximum Gasteiger partial charge on any atom is 0.122 e. The van der Waals surface area contributed by atoms with E-state index in [0.29, 0.717) is 36.5 Å². The number of epoxide rings is 2. The van der Waals surface area contributed by atoms with Crippen molar-refractivity contribution in [2.24, 2.45) is 0 Å².